The number of hydrogen-bond donors (Lipinski definition) is 1. The molecule has 0 rings (SSSR count). The summed E-state index contributed by atoms with van der Waals surface area (Å²) in [5.74, 6) is -1.27. The van der Waals surface area contributed by atoms with Gasteiger partial charge in [0.1, 0.15) is 0 Å². The summed E-state index contributed by atoms with van der Waals surface area (Å²) in [6.45, 7) is 10.2. The summed E-state index contributed by atoms with van der Waals surface area (Å²) in [5, 5.41) is 10.4. The number of unbranched alkanes of at least 4 members (excludes halogenated alkanes) is 6. The maximum absolute atomic E-state index is 12.2. The first kappa shape index (κ1) is 28.6. The summed E-state index contributed by atoms with van der Waals surface area (Å²) in [6, 6.07) is 0. The van der Waals surface area contributed by atoms with Crippen LogP contribution in [-0.2, 0) is 23.9 Å². The molecular formula is C24H44O6. The highest BCUT2D eigenvalue weighted by Crippen LogP contribution is 2.17. The summed E-state index contributed by atoms with van der Waals surface area (Å²) < 4.78 is 10.2. The van der Waals surface area contributed by atoms with Gasteiger partial charge in [0.05, 0.1) is 19.6 Å². The third kappa shape index (κ3) is 13.7. The SMILES string of the molecule is CC(=O)C(O)(CC(=O)OCCCCCCC(C)C)C(=O)OCCCCCCC(C)C. The second-order valence-corrected chi connectivity index (χ2v) is 9.14. The van der Waals surface area contributed by atoms with Gasteiger partial charge in [-0.3, -0.25) is 9.59 Å². The smallest absolute Gasteiger partial charge is 0.346 e. The summed E-state index contributed by atoms with van der Waals surface area (Å²) >= 11 is 0. The maximum Gasteiger partial charge on any atom is 0.346 e. The highest BCUT2D eigenvalue weighted by Gasteiger charge is 2.45. The fraction of sp³-hybridized carbons (Fsp3) is 0.875. The molecule has 0 aromatic carbocycles. The van der Waals surface area contributed by atoms with E-state index < -0.39 is 29.7 Å². The Bertz CT molecular complexity index is 500. The third-order valence-corrected chi connectivity index (χ3v) is 5.17. The molecule has 0 saturated heterocycles. The first-order chi connectivity index (χ1) is 14.1. The summed E-state index contributed by atoms with van der Waals surface area (Å²) in [6.07, 6.45) is 9.33. The molecule has 0 aliphatic carbocycles. The van der Waals surface area contributed by atoms with Crippen LogP contribution in [0.25, 0.3) is 0 Å². The first-order valence-corrected chi connectivity index (χ1v) is 11.7. The first-order valence-electron chi connectivity index (χ1n) is 11.7. The Labute approximate surface area is 183 Å². The van der Waals surface area contributed by atoms with Gasteiger partial charge in [-0.2, -0.15) is 0 Å². The Kier molecular flexibility index (Phi) is 15.5. The molecule has 0 radical (unpaired) electrons. The Morgan fingerprint density at radius 2 is 1.17 bits per heavy atom. The normalized spacial score (nSPS) is 13.3. The zero-order chi connectivity index (χ0) is 23.0. The van der Waals surface area contributed by atoms with Crippen molar-refractivity contribution < 1.29 is 29.0 Å². The van der Waals surface area contributed by atoms with Gasteiger partial charge in [0.2, 0.25) is 5.60 Å². The molecule has 0 amide bonds. The quantitative estimate of drug-likeness (QED) is 0.188. The monoisotopic (exact) mass is 428 g/mol. The van der Waals surface area contributed by atoms with Crippen LogP contribution in [0, 0.1) is 11.8 Å². The van der Waals surface area contributed by atoms with Crippen LogP contribution in [-0.4, -0.2) is 41.6 Å². The lowest BCUT2D eigenvalue weighted by atomic mass is 9.95. The van der Waals surface area contributed by atoms with E-state index in [9.17, 15) is 19.5 Å². The minimum atomic E-state index is -2.47. The molecule has 0 aliphatic heterocycles. The minimum absolute atomic E-state index is 0.127. The van der Waals surface area contributed by atoms with Gasteiger partial charge >= 0.3 is 11.9 Å². The average Bonchev–Trinajstić information content (AvgIpc) is 2.65. The van der Waals surface area contributed by atoms with Gasteiger partial charge in [-0.05, 0) is 31.6 Å². The van der Waals surface area contributed by atoms with Crippen LogP contribution in [0.5, 0.6) is 0 Å². The molecule has 0 spiro atoms. The van der Waals surface area contributed by atoms with Crippen molar-refractivity contribution in [3.05, 3.63) is 0 Å². The van der Waals surface area contributed by atoms with Gasteiger partial charge < -0.3 is 14.6 Å². The predicted molar refractivity (Wildman–Crippen MR) is 118 cm³/mol. The van der Waals surface area contributed by atoms with Crippen molar-refractivity contribution in [1.29, 1.82) is 0 Å². The molecule has 0 saturated carbocycles. The van der Waals surface area contributed by atoms with Gasteiger partial charge in [-0.1, -0.05) is 79.1 Å². The van der Waals surface area contributed by atoms with Crippen molar-refractivity contribution in [2.24, 2.45) is 11.8 Å². The Balaban J connectivity index is 4.16. The van der Waals surface area contributed by atoms with E-state index in [4.69, 9.17) is 9.47 Å². The largest absolute Gasteiger partial charge is 0.466 e. The van der Waals surface area contributed by atoms with Gasteiger partial charge in [0.25, 0.3) is 0 Å². The molecule has 30 heavy (non-hydrogen) atoms. The Morgan fingerprint density at radius 3 is 1.60 bits per heavy atom. The molecule has 0 aromatic heterocycles. The number of esters is 2. The average molecular weight is 429 g/mol. The molecule has 0 aromatic rings. The van der Waals surface area contributed by atoms with Crippen molar-refractivity contribution in [3.8, 4) is 0 Å². The zero-order valence-electron chi connectivity index (χ0n) is 19.8. The highest BCUT2D eigenvalue weighted by atomic mass is 16.6. The fourth-order valence-corrected chi connectivity index (χ4v) is 3.09. The van der Waals surface area contributed by atoms with Gasteiger partial charge in [-0.25, -0.2) is 4.79 Å². The van der Waals surface area contributed by atoms with Crippen molar-refractivity contribution in [3.63, 3.8) is 0 Å². The lowest BCUT2D eigenvalue weighted by molar-refractivity contribution is -0.176. The van der Waals surface area contributed by atoms with Crippen LogP contribution in [0.1, 0.15) is 105 Å². The molecule has 0 aliphatic rings. The van der Waals surface area contributed by atoms with E-state index in [1.807, 2.05) is 0 Å². The van der Waals surface area contributed by atoms with Crippen LogP contribution >= 0.6 is 0 Å². The molecule has 6 heteroatoms. The number of Topliss-reactive ketones (excluding diaryl/α,β-unsaturated/α-hetero) is 1. The second kappa shape index (κ2) is 16.3. The van der Waals surface area contributed by atoms with E-state index >= 15 is 0 Å². The molecule has 6 nitrogen and oxygen atoms in total. The maximum atomic E-state index is 12.2. The highest BCUT2D eigenvalue weighted by molar-refractivity contribution is 6.08. The van der Waals surface area contributed by atoms with E-state index in [-0.39, 0.29) is 13.2 Å². The lowest BCUT2D eigenvalue weighted by Crippen LogP contribution is -2.48. The van der Waals surface area contributed by atoms with E-state index in [0.717, 1.165) is 51.9 Å². The number of carbonyl (C=O) groups excluding carboxylic acids is 3. The van der Waals surface area contributed by atoms with Gasteiger partial charge in [0.15, 0.2) is 5.78 Å². The van der Waals surface area contributed by atoms with E-state index in [2.05, 4.69) is 27.7 Å². The molecule has 0 fully saturated rings. The van der Waals surface area contributed by atoms with Crippen molar-refractivity contribution in [2.75, 3.05) is 13.2 Å². The fourth-order valence-electron chi connectivity index (χ4n) is 3.09. The van der Waals surface area contributed by atoms with Crippen LogP contribution in [0.2, 0.25) is 0 Å². The third-order valence-electron chi connectivity index (χ3n) is 5.17. The summed E-state index contributed by atoms with van der Waals surface area (Å²) in [7, 11) is 0. The summed E-state index contributed by atoms with van der Waals surface area (Å²) in [4.78, 5) is 36.1. The van der Waals surface area contributed by atoms with Crippen LogP contribution in [0.4, 0.5) is 0 Å². The van der Waals surface area contributed by atoms with E-state index in [0.29, 0.717) is 18.3 Å². The van der Waals surface area contributed by atoms with Crippen LogP contribution in [0.3, 0.4) is 0 Å². The molecule has 1 unspecified atom stereocenters. The van der Waals surface area contributed by atoms with E-state index in [1.165, 1.54) is 12.8 Å². The number of aliphatic hydroxyl groups is 1. The number of rotatable bonds is 18. The zero-order valence-corrected chi connectivity index (χ0v) is 19.8. The van der Waals surface area contributed by atoms with Crippen molar-refractivity contribution >= 4 is 17.7 Å². The van der Waals surface area contributed by atoms with Crippen molar-refractivity contribution in [2.45, 2.75) is 111 Å². The minimum Gasteiger partial charge on any atom is -0.466 e. The predicted octanol–water partition coefficient (Wildman–Crippen LogP) is 5.00. The second-order valence-electron chi connectivity index (χ2n) is 9.14. The molecular weight excluding hydrogens is 384 g/mol. The number of hydrogen-bond acceptors (Lipinski definition) is 6. The number of ketones is 1. The molecule has 176 valence electrons. The lowest BCUT2D eigenvalue weighted by Gasteiger charge is -2.22. The van der Waals surface area contributed by atoms with Crippen molar-refractivity contribution in [1.82, 2.24) is 0 Å². The standard InChI is InChI=1S/C24H44O6/c1-19(2)14-10-6-8-12-16-29-22(26)18-24(28,21(5)25)23(27)30-17-13-9-7-11-15-20(3)4/h19-20,28H,6-18H2,1-5H3. The summed E-state index contributed by atoms with van der Waals surface area (Å²) in [5.41, 5.74) is -2.47. The molecule has 1 atom stereocenters. The number of ether oxygens (including phenoxy) is 2. The molecule has 0 bridgehead atoms. The topological polar surface area (TPSA) is 89.9 Å². The van der Waals surface area contributed by atoms with Gasteiger partial charge in [0, 0.05) is 0 Å². The Hall–Kier alpha value is -1.43. The molecule has 0 heterocycles. The Morgan fingerprint density at radius 1 is 0.733 bits per heavy atom. The van der Waals surface area contributed by atoms with E-state index in [1.54, 1.807) is 0 Å². The van der Waals surface area contributed by atoms with Crippen LogP contribution in [0.15, 0.2) is 0 Å². The van der Waals surface area contributed by atoms with Crippen LogP contribution < -0.4 is 0 Å². The van der Waals surface area contributed by atoms with Gasteiger partial charge in [-0.15, -0.1) is 0 Å². The number of carbonyl (C=O) groups is 3. The molecule has 1 N–H and O–H groups in total.